The molecule has 0 bridgehead atoms. The Labute approximate surface area is 126 Å². The molecule has 20 heavy (non-hydrogen) atoms. The molecule has 0 aliphatic carbocycles. The van der Waals surface area contributed by atoms with Crippen molar-refractivity contribution in [1.82, 2.24) is 0 Å². The maximum Gasteiger partial charge on any atom is 0.118 e. The quantitative estimate of drug-likeness (QED) is 0.381. The predicted octanol–water partition coefficient (Wildman–Crippen LogP) is 4.48. The van der Waals surface area contributed by atoms with Crippen LogP contribution in [0.15, 0.2) is 40.8 Å². The van der Waals surface area contributed by atoms with Crippen LogP contribution < -0.4 is 4.74 Å². The van der Waals surface area contributed by atoms with Gasteiger partial charge in [0.05, 0.1) is 26.4 Å². The Kier molecular flexibility index (Phi) is 8.42. The molecule has 0 unspecified atom stereocenters. The molecule has 1 rings (SSSR count). The Balaban J connectivity index is 2.19. The SMILES string of the molecule is COc1ccc(SOC/C=C(\C)CCOC(C)C)cc1. The molecule has 0 aliphatic heterocycles. The lowest BCUT2D eigenvalue weighted by molar-refractivity contribution is 0.0813. The van der Waals surface area contributed by atoms with Gasteiger partial charge in [-0.15, -0.1) is 0 Å². The predicted molar refractivity (Wildman–Crippen MR) is 84.3 cm³/mol. The molecule has 0 aliphatic rings. The molecule has 112 valence electrons. The highest BCUT2D eigenvalue weighted by atomic mass is 32.2. The molecule has 0 fully saturated rings. The number of ether oxygens (including phenoxy) is 2. The molecule has 0 N–H and O–H groups in total. The highest BCUT2D eigenvalue weighted by molar-refractivity contribution is 7.94. The fraction of sp³-hybridized carbons (Fsp3) is 0.500. The van der Waals surface area contributed by atoms with Gasteiger partial charge in [-0.2, -0.15) is 0 Å². The average Bonchev–Trinajstić information content (AvgIpc) is 2.44. The highest BCUT2D eigenvalue weighted by Crippen LogP contribution is 2.22. The number of rotatable bonds is 9. The first-order chi connectivity index (χ1) is 9.61. The minimum absolute atomic E-state index is 0.296. The van der Waals surface area contributed by atoms with Gasteiger partial charge in [-0.3, -0.25) is 0 Å². The van der Waals surface area contributed by atoms with Crippen molar-refractivity contribution in [2.24, 2.45) is 0 Å². The fourth-order valence-corrected chi connectivity index (χ4v) is 1.99. The summed E-state index contributed by atoms with van der Waals surface area (Å²) in [6, 6.07) is 7.82. The van der Waals surface area contributed by atoms with Crippen LogP contribution in [0.4, 0.5) is 0 Å². The van der Waals surface area contributed by atoms with Crippen LogP contribution >= 0.6 is 12.0 Å². The van der Waals surface area contributed by atoms with E-state index >= 15 is 0 Å². The summed E-state index contributed by atoms with van der Waals surface area (Å²) in [5, 5.41) is 0. The summed E-state index contributed by atoms with van der Waals surface area (Å²) in [5.74, 6) is 0.857. The van der Waals surface area contributed by atoms with Crippen molar-refractivity contribution in [2.45, 2.75) is 38.2 Å². The monoisotopic (exact) mass is 296 g/mol. The number of hydrogen-bond donors (Lipinski definition) is 0. The van der Waals surface area contributed by atoms with Gasteiger partial charge in [0, 0.05) is 16.9 Å². The van der Waals surface area contributed by atoms with E-state index in [0.29, 0.717) is 12.7 Å². The van der Waals surface area contributed by atoms with Crippen LogP contribution in [0.2, 0.25) is 0 Å². The second-order valence-electron chi connectivity index (χ2n) is 4.76. The third kappa shape index (κ3) is 7.58. The Bertz CT molecular complexity index is 399. The second kappa shape index (κ2) is 9.86. The smallest absolute Gasteiger partial charge is 0.118 e. The van der Waals surface area contributed by atoms with E-state index in [-0.39, 0.29) is 0 Å². The first-order valence-electron chi connectivity index (χ1n) is 6.82. The molecule has 0 saturated carbocycles. The maximum atomic E-state index is 5.55. The van der Waals surface area contributed by atoms with Crippen molar-refractivity contribution in [3.05, 3.63) is 35.9 Å². The Hall–Kier alpha value is -0.970. The zero-order valence-electron chi connectivity index (χ0n) is 12.7. The lowest BCUT2D eigenvalue weighted by atomic mass is 10.2. The average molecular weight is 296 g/mol. The maximum absolute atomic E-state index is 5.55. The zero-order chi connectivity index (χ0) is 14.8. The standard InChI is InChI=1S/C16H24O3S/c1-13(2)18-11-9-14(3)10-12-19-20-16-7-5-15(17-4)6-8-16/h5-8,10,13H,9,11-12H2,1-4H3/b14-10+. The third-order valence-corrected chi connectivity index (χ3v) is 3.38. The van der Waals surface area contributed by atoms with Crippen LogP contribution in [-0.2, 0) is 8.92 Å². The van der Waals surface area contributed by atoms with Crippen LogP contribution in [0.25, 0.3) is 0 Å². The molecule has 0 saturated heterocycles. The van der Waals surface area contributed by atoms with Gasteiger partial charge in [-0.25, -0.2) is 0 Å². The number of hydrogen-bond acceptors (Lipinski definition) is 4. The van der Waals surface area contributed by atoms with Crippen LogP contribution in [0, 0.1) is 0 Å². The fourth-order valence-electron chi connectivity index (χ4n) is 1.47. The summed E-state index contributed by atoms with van der Waals surface area (Å²) in [6.07, 6.45) is 3.35. The molecule has 0 spiro atoms. The Morgan fingerprint density at radius 2 is 1.95 bits per heavy atom. The van der Waals surface area contributed by atoms with Gasteiger partial charge < -0.3 is 13.7 Å². The zero-order valence-corrected chi connectivity index (χ0v) is 13.5. The van der Waals surface area contributed by atoms with E-state index < -0.39 is 0 Å². The van der Waals surface area contributed by atoms with Crippen molar-refractivity contribution in [1.29, 1.82) is 0 Å². The topological polar surface area (TPSA) is 27.7 Å². The molecule has 0 aromatic heterocycles. The highest BCUT2D eigenvalue weighted by Gasteiger charge is 1.97. The van der Waals surface area contributed by atoms with Crippen LogP contribution in [0.3, 0.4) is 0 Å². The van der Waals surface area contributed by atoms with E-state index in [1.807, 2.05) is 38.1 Å². The van der Waals surface area contributed by atoms with Crippen molar-refractivity contribution < 1.29 is 13.7 Å². The van der Waals surface area contributed by atoms with Gasteiger partial charge in [-0.1, -0.05) is 11.6 Å². The van der Waals surface area contributed by atoms with Crippen molar-refractivity contribution >= 4 is 12.0 Å². The van der Waals surface area contributed by atoms with Gasteiger partial charge in [0.15, 0.2) is 0 Å². The van der Waals surface area contributed by atoms with E-state index in [1.165, 1.54) is 17.6 Å². The van der Waals surface area contributed by atoms with Gasteiger partial charge in [-0.05, 0) is 51.5 Å². The number of benzene rings is 1. The largest absolute Gasteiger partial charge is 0.497 e. The van der Waals surface area contributed by atoms with Gasteiger partial charge in [0.25, 0.3) is 0 Å². The summed E-state index contributed by atoms with van der Waals surface area (Å²) in [4.78, 5) is 1.07. The van der Waals surface area contributed by atoms with E-state index in [9.17, 15) is 0 Å². The molecule has 1 aromatic rings. The van der Waals surface area contributed by atoms with E-state index in [1.54, 1.807) is 7.11 Å². The van der Waals surface area contributed by atoms with Crippen molar-refractivity contribution in [3.63, 3.8) is 0 Å². The van der Waals surface area contributed by atoms with Crippen molar-refractivity contribution in [2.75, 3.05) is 20.3 Å². The first-order valence-corrected chi connectivity index (χ1v) is 7.56. The van der Waals surface area contributed by atoms with Gasteiger partial charge in [0.2, 0.25) is 0 Å². The lowest BCUT2D eigenvalue weighted by Crippen LogP contribution is -2.04. The van der Waals surface area contributed by atoms with Crippen molar-refractivity contribution in [3.8, 4) is 5.75 Å². The lowest BCUT2D eigenvalue weighted by Gasteiger charge is -2.07. The summed E-state index contributed by atoms with van der Waals surface area (Å²) >= 11 is 1.38. The molecular formula is C16H24O3S. The minimum Gasteiger partial charge on any atom is -0.497 e. The minimum atomic E-state index is 0.296. The first kappa shape index (κ1) is 17.1. The summed E-state index contributed by atoms with van der Waals surface area (Å²) < 4.78 is 16.2. The van der Waals surface area contributed by atoms with Gasteiger partial charge in [0.1, 0.15) is 5.75 Å². The van der Waals surface area contributed by atoms with Gasteiger partial charge >= 0.3 is 0 Å². The Morgan fingerprint density at radius 3 is 2.55 bits per heavy atom. The molecule has 4 heteroatoms. The van der Waals surface area contributed by atoms with E-state index in [2.05, 4.69) is 13.0 Å². The normalized spacial score (nSPS) is 11.9. The van der Waals surface area contributed by atoms with Crippen LogP contribution in [0.5, 0.6) is 5.75 Å². The number of methoxy groups -OCH3 is 1. The summed E-state index contributed by atoms with van der Waals surface area (Å²) in [6.45, 7) is 7.57. The second-order valence-corrected chi connectivity index (χ2v) is 5.64. The van der Waals surface area contributed by atoms with E-state index in [0.717, 1.165) is 23.7 Å². The Morgan fingerprint density at radius 1 is 1.25 bits per heavy atom. The van der Waals surface area contributed by atoms with Crippen LogP contribution in [0.1, 0.15) is 27.2 Å². The molecule has 1 aromatic carbocycles. The van der Waals surface area contributed by atoms with Crippen LogP contribution in [-0.4, -0.2) is 26.4 Å². The molecule has 3 nitrogen and oxygen atoms in total. The molecule has 0 amide bonds. The summed E-state index contributed by atoms with van der Waals surface area (Å²) in [7, 11) is 1.66. The summed E-state index contributed by atoms with van der Waals surface area (Å²) in [5.41, 5.74) is 1.29. The third-order valence-electron chi connectivity index (χ3n) is 2.66. The molecule has 0 atom stereocenters. The van der Waals surface area contributed by atoms with E-state index in [4.69, 9.17) is 13.7 Å². The molecule has 0 radical (unpaired) electrons. The molecular weight excluding hydrogens is 272 g/mol. The molecule has 0 heterocycles.